The molecule has 94 valence electrons. The normalized spacial score (nSPS) is 28.3. The predicted molar refractivity (Wildman–Crippen MR) is 83.1 cm³/mol. The van der Waals surface area contributed by atoms with Crippen LogP contribution >= 0.6 is 22.6 Å². The van der Waals surface area contributed by atoms with Crippen molar-refractivity contribution < 1.29 is 0 Å². The summed E-state index contributed by atoms with van der Waals surface area (Å²) in [4.78, 5) is 4.54. The fraction of sp³-hybridized carbons (Fsp3) is 0.154. The van der Waals surface area contributed by atoms with Crippen molar-refractivity contribution in [3.8, 4) is 0 Å². The number of halogens is 1. The summed E-state index contributed by atoms with van der Waals surface area (Å²) in [6.45, 7) is 0. The highest BCUT2D eigenvalue weighted by Gasteiger charge is 2.37. The average molecular weight is 363 g/mol. The summed E-state index contributed by atoms with van der Waals surface area (Å²) in [5.41, 5.74) is 2.84. The van der Waals surface area contributed by atoms with E-state index < -0.39 is 0 Å². The number of fused-ring (bicyclic) bond motifs is 2. The van der Waals surface area contributed by atoms with E-state index in [2.05, 4.69) is 55.4 Å². The molecule has 0 saturated carbocycles. The Morgan fingerprint density at radius 1 is 1.32 bits per heavy atom. The maximum atomic E-state index is 4.54. The first-order chi connectivity index (χ1) is 9.26. The maximum Gasteiger partial charge on any atom is 0.140 e. The lowest BCUT2D eigenvalue weighted by Crippen LogP contribution is -2.37. The van der Waals surface area contributed by atoms with Gasteiger partial charge in [0.1, 0.15) is 15.1 Å². The van der Waals surface area contributed by atoms with E-state index in [1.54, 1.807) is 0 Å². The maximum absolute atomic E-state index is 4.54. The number of nitrogens with one attached hydrogen (secondary N) is 1. The summed E-state index contributed by atoms with van der Waals surface area (Å²) in [5, 5.41) is 11.6. The number of benzene rings is 1. The molecule has 3 heterocycles. The van der Waals surface area contributed by atoms with E-state index >= 15 is 0 Å². The van der Waals surface area contributed by atoms with Crippen LogP contribution in [0.1, 0.15) is 0 Å². The van der Waals surface area contributed by atoms with Crippen molar-refractivity contribution >= 4 is 45.5 Å². The minimum Gasteiger partial charge on any atom is -0.368 e. The number of nitrogens with zero attached hydrogens (tertiary/aromatic N) is 4. The molecule has 2 aliphatic rings. The van der Waals surface area contributed by atoms with E-state index in [1.165, 1.54) is 0 Å². The van der Waals surface area contributed by atoms with Crippen molar-refractivity contribution in [1.82, 2.24) is 20.3 Å². The van der Waals surface area contributed by atoms with Crippen LogP contribution in [0.5, 0.6) is 0 Å². The summed E-state index contributed by atoms with van der Waals surface area (Å²) in [6, 6.07) is 7.92. The molecule has 19 heavy (non-hydrogen) atoms. The fourth-order valence-electron chi connectivity index (χ4n) is 2.36. The first-order valence-electron chi connectivity index (χ1n) is 5.96. The van der Waals surface area contributed by atoms with Crippen molar-refractivity contribution in [2.45, 2.75) is 9.59 Å². The first kappa shape index (κ1) is 11.2. The lowest BCUT2D eigenvalue weighted by Gasteiger charge is -2.26. The molecule has 0 saturated heterocycles. The van der Waals surface area contributed by atoms with Gasteiger partial charge in [0.25, 0.3) is 0 Å². The standard InChI is InChI=1S/C13H10IN5/c14-13-5-6-15-12(13)16-8-9(7-13)19-11-4-2-1-3-10(11)17-18-19/h1-8,12,15H/t12?,13-/m1/s1. The average Bonchev–Trinajstić information content (AvgIpc) is 3.00. The molecule has 4 rings (SSSR count). The molecule has 0 radical (unpaired) electrons. The highest BCUT2D eigenvalue weighted by molar-refractivity contribution is 14.1. The van der Waals surface area contributed by atoms with Crippen LogP contribution in [0, 0.1) is 0 Å². The van der Waals surface area contributed by atoms with E-state index in [-0.39, 0.29) is 9.59 Å². The number of para-hydroxylation sites is 1. The Kier molecular flexibility index (Phi) is 2.29. The van der Waals surface area contributed by atoms with Gasteiger partial charge in [0.05, 0.1) is 11.2 Å². The predicted octanol–water partition coefficient (Wildman–Crippen LogP) is 1.97. The summed E-state index contributed by atoms with van der Waals surface area (Å²) >= 11 is 2.41. The molecule has 6 heteroatoms. The van der Waals surface area contributed by atoms with Gasteiger partial charge in [-0.25, -0.2) is 4.68 Å². The Labute approximate surface area is 123 Å². The highest BCUT2D eigenvalue weighted by atomic mass is 127. The number of allylic oxidation sites excluding steroid dienone is 1. The number of aromatic nitrogens is 3. The summed E-state index contributed by atoms with van der Waals surface area (Å²) in [6.07, 6.45) is 8.17. The van der Waals surface area contributed by atoms with Crippen LogP contribution in [0.15, 0.2) is 47.6 Å². The molecule has 5 nitrogen and oxygen atoms in total. The second kappa shape index (κ2) is 3.89. The molecule has 0 spiro atoms. The molecule has 0 fully saturated rings. The minimum atomic E-state index is -0.130. The van der Waals surface area contributed by atoms with E-state index in [9.17, 15) is 0 Å². The van der Waals surface area contributed by atoms with Crippen molar-refractivity contribution in [1.29, 1.82) is 0 Å². The van der Waals surface area contributed by atoms with Gasteiger partial charge in [-0.2, -0.15) is 0 Å². The van der Waals surface area contributed by atoms with Crippen LogP contribution in [0.3, 0.4) is 0 Å². The number of alkyl halides is 1. The number of hydrogen-bond donors (Lipinski definition) is 1. The Morgan fingerprint density at radius 3 is 3.16 bits per heavy atom. The summed E-state index contributed by atoms with van der Waals surface area (Å²) in [5.74, 6) is 0. The van der Waals surface area contributed by atoms with Crippen LogP contribution < -0.4 is 5.32 Å². The van der Waals surface area contributed by atoms with Gasteiger partial charge in [0.2, 0.25) is 0 Å². The monoisotopic (exact) mass is 363 g/mol. The Bertz CT molecular complexity index is 744. The van der Waals surface area contributed by atoms with E-state index in [4.69, 9.17) is 0 Å². The second-order valence-electron chi connectivity index (χ2n) is 4.57. The SMILES string of the molecule is I[C@@]12C=CNC1N=CC(n1nnc3ccccc31)=C2. The third kappa shape index (κ3) is 1.62. The molecule has 1 aromatic carbocycles. The number of dihydropyridines is 1. The Hall–Kier alpha value is -1.70. The molecule has 2 aliphatic heterocycles. The molecule has 2 atom stereocenters. The fourth-order valence-corrected chi connectivity index (χ4v) is 3.20. The van der Waals surface area contributed by atoms with Crippen molar-refractivity contribution in [2.24, 2.45) is 4.99 Å². The molecule has 0 bridgehead atoms. The third-order valence-electron chi connectivity index (χ3n) is 3.33. The third-order valence-corrected chi connectivity index (χ3v) is 4.59. The molecule has 2 aromatic rings. The lowest BCUT2D eigenvalue weighted by atomic mass is 10.0. The van der Waals surface area contributed by atoms with E-state index in [0.29, 0.717) is 0 Å². The molecular weight excluding hydrogens is 353 g/mol. The van der Waals surface area contributed by atoms with Gasteiger partial charge in [-0.15, -0.1) is 5.10 Å². The van der Waals surface area contributed by atoms with Gasteiger partial charge in [0, 0.05) is 6.21 Å². The van der Waals surface area contributed by atoms with Gasteiger partial charge in [-0.05, 0) is 30.5 Å². The molecule has 1 N–H and O–H groups in total. The topological polar surface area (TPSA) is 55.1 Å². The Balaban J connectivity index is 1.87. The largest absolute Gasteiger partial charge is 0.368 e. The van der Waals surface area contributed by atoms with Crippen LogP contribution in [-0.4, -0.2) is 30.8 Å². The number of aliphatic imine (C=N–C) groups is 1. The van der Waals surface area contributed by atoms with Crippen LogP contribution in [0.4, 0.5) is 0 Å². The lowest BCUT2D eigenvalue weighted by molar-refractivity contribution is 0.618. The minimum absolute atomic E-state index is 0.0756. The smallest absolute Gasteiger partial charge is 0.140 e. The van der Waals surface area contributed by atoms with Crippen molar-refractivity contribution in [3.05, 3.63) is 42.6 Å². The van der Waals surface area contributed by atoms with Gasteiger partial charge >= 0.3 is 0 Å². The van der Waals surface area contributed by atoms with E-state index in [0.717, 1.165) is 16.7 Å². The summed E-state index contributed by atoms with van der Waals surface area (Å²) in [7, 11) is 0. The van der Waals surface area contributed by atoms with Crippen molar-refractivity contribution in [3.63, 3.8) is 0 Å². The molecule has 0 aliphatic carbocycles. The van der Waals surface area contributed by atoms with Gasteiger partial charge < -0.3 is 5.32 Å². The number of hydrogen-bond acceptors (Lipinski definition) is 4. The zero-order valence-electron chi connectivity index (χ0n) is 9.86. The van der Waals surface area contributed by atoms with Crippen molar-refractivity contribution in [2.75, 3.05) is 0 Å². The number of rotatable bonds is 1. The van der Waals surface area contributed by atoms with Gasteiger partial charge in [-0.3, -0.25) is 4.99 Å². The van der Waals surface area contributed by atoms with E-state index in [1.807, 2.05) is 41.4 Å². The zero-order chi connectivity index (χ0) is 12.9. The van der Waals surface area contributed by atoms with Gasteiger partial charge in [-0.1, -0.05) is 39.9 Å². The molecule has 1 aromatic heterocycles. The Morgan fingerprint density at radius 2 is 2.21 bits per heavy atom. The molecule has 1 unspecified atom stereocenters. The molecular formula is C13H10IN5. The quantitative estimate of drug-likeness (QED) is 0.623. The second-order valence-corrected chi connectivity index (χ2v) is 6.44. The summed E-state index contributed by atoms with van der Waals surface area (Å²) < 4.78 is 1.70. The first-order valence-corrected chi connectivity index (χ1v) is 7.04. The van der Waals surface area contributed by atoms with Gasteiger partial charge in [0.15, 0.2) is 0 Å². The van der Waals surface area contributed by atoms with Crippen LogP contribution in [0.2, 0.25) is 0 Å². The highest BCUT2D eigenvalue weighted by Crippen LogP contribution is 2.35. The van der Waals surface area contributed by atoms with Crippen LogP contribution in [-0.2, 0) is 0 Å². The van der Waals surface area contributed by atoms with Crippen LogP contribution in [0.25, 0.3) is 16.7 Å². The zero-order valence-corrected chi connectivity index (χ0v) is 12.0. The molecule has 0 amide bonds.